The maximum atomic E-state index is 13.5. The molecule has 4 rings (SSSR count). The van der Waals surface area contributed by atoms with E-state index in [1.54, 1.807) is 41.5 Å². The molecule has 3 N–H and O–H groups in total. The standard InChI is InChI=1S/C32H42N4O8S/c1-21-18-22(25-10-8-9-11-26(25)33-21)19-42-23-12-14-24(15-13-23)45(40,41)35-27-16-17-36(29(38)43-30(2,3)4)20-32(27,39)28(37)34-44-31(5,6)7/h8-15,18,27,35,39H,16-17,19-20H2,1-7H3,(H,34,37)/t27-,32-/m1/s1. The lowest BCUT2D eigenvalue weighted by atomic mass is 9.87. The van der Waals surface area contributed by atoms with Gasteiger partial charge >= 0.3 is 6.09 Å². The van der Waals surface area contributed by atoms with Gasteiger partial charge in [0, 0.05) is 23.2 Å². The van der Waals surface area contributed by atoms with Crippen molar-refractivity contribution < 1.29 is 37.4 Å². The first-order valence-corrected chi connectivity index (χ1v) is 16.1. The van der Waals surface area contributed by atoms with Crippen LogP contribution in [0.1, 0.15) is 59.2 Å². The lowest BCUT2D eigenvalue weighted by Gasteiger charge is -2.43. The number of para-hydroxylation sites is 1. The first-order valence-electron chi connectivity index (χ1n) is 14.7. The molecule has 12 nitrogen and oxygen atoms in total. The number of ether oxygens (including phenoxy) is 2. The summed E-state index contributed by atoms with van der Waals surface area (Å²) in [7, 11) is -4.22. The molecule has 1 aliphatic heterocycles. The summed E-state index contributed by atoms with van der Waals surface area (Å²) in [5.41, 5.74) is 0.902. The summed E-state index contributed by atoms with van der Waals surface area (Å²) >= 11 is 0. The molecule has 2 heterocycles. The van der Waals surface area contributed by atoms with E-state index < -0.39 is 51.4 Å². The molecule has 1 saturated heterocycles. The van der Waals surface area contributed by atoms with Crippen LogP contribution in [0.3, 0.4) is 0 Å². The Balaban J connectivity index is 1.50. The van der Waals surface area contributed by atoms with E-state index in [0.29, 0.717) is 5.75 Å². The minimum Gasteiger partial charge on any atom is -0.489 e. The Bertz CT molecular complexity index is 1650. The fourth-order valence-electron chi connectivity index (χ4n) is 4.81. The van der Waals surface area contributed by atoms with Crippen LogP contribution in [-0.4, -0.2) is 71.3 Å². The number of nitrogens with one attached hydrogen (secondary N) is 2. The van der Waals surface area contributed by atoms with Gasteiger partial charge in [0.2, 0.25) is 10.0 Å². The number of aromatic nitrogens is 1. The van der Waals surface area contributed by atoms with Crippen LogP contribution < -0.4 is 14.9 Å². The van der Waals surface area contributed by atoms with Crippen molar-refractivity contribution in [2.75, 3.05) is 13.1 Å². The first-order chi connectivity index (χ1) is 20.9. The molecule has 0 radical (unpaired) electrons. The van der Waals surface area contributed by atoms with Gasteiger partial charge in [-0.15, -0.1) is 0 Å². The molecule has 2 amide bonds. The Morgan fingerprint density at radius 3 is 2.36 bits per heavy atom. The Morgan fingerprint density at radius 2 is 1.71 bits per heavy atom. The van der Waals surface area contributed by atoms with Crippen LogP contribution >= 0.6 is 0 Å². The molecule has 0 unspecified atom stereocenters. The second kappa shape index (κ2) is 12.9. The summed E-state index contributed by atoms with van der Waals surface area (Å²) in [6.07, 6.45) is -0.810. The van der Waals surface area contributed by atoms with E-state index in [0.717, 1.165) is 22.2 Å². The highest BCUT2D eigenvalue weighted by molar-refractivity contribution is 7.89. The largest absolute Gasteiger partial charge is 0.489 e. The third-order valence-corrected chi connectivity index (χ3v) is 8.43. The Kier molecular flexibility index (Phi) is 9.78. The van der Waals surface area contributed by atoms with Crippen molar-refractivity contribution >= 4 is 32.9 Å². The monoisotopic (exact) mass is 642 g/mol. The molecule has 1 aromatic heterocycles. The quantitative estimate of drug-likeness (QED) is 0.309. The number of pyridine rings is 1. The van der Waals surface area contributed by atoms with E-state index in [2.05, 4.69) is 15.2 Å². The van der Waals surface area contributed by atoms with Gasteiger partial charge in [-0.3, -0.25) is 14.6 Å². The topological polar surface area (TPSA) is 156 Å². The lowest BCUT2D eigenvalue weighted by Crippen LogP contribution is -2.69. The van der Waals surface area contributed by atoms with E-state index in [4.69, 9.17) is 14.3 Å². The predicted octanol–water partition coefficient (Wildman–Crippen LogP) is 3.99. The molecule has 1 fully saturated rings. The average Bonchev–Trinajstić information content (AvgIpc) is 2.94. The van der Waals surface area contributed by atoms with Crippen molar-refractivity contribution in [3.63, 3.8) is 0 Å². The third kappa shape index (κ3) is 8.69. The number of benzene rings is 2. The molecule has 2 atom stereocenters. The highest BCUT2D eigenvalue weighted by Gasteiger charge is 2.51. The van der Waals surface area contributed by atoms with Gasteiger partial charge in [0.1, 0.15) is 18.0 Å². The van der Waals surface area contributed by atoms with Gasteiger partial charge in [-0.25, -0.2) is 23.4 Å². The van der Waals surface area contributed by atoms with Gasteiger partial charge in [-0.2, -0.15) is 0 Å². The van der Waals surface area contributed by atoms with Gasteiger partial charge in [0.25, 0.3) is 5.91 Å². The van der Waals surface area contributed by atoms with Crippen molar-refractivity contribution in [1.29, 1.82) is 0 Å². The second-order valence-corrected chi connectivity index (χ2v) is 14.8. The molecule has 2 aromatic carbocycles. The highest BCUT2D eigenvalue weighted by atomic mass is 32.2. The molecule has 0 saturated carbocycles. The summed E-state index contributed by atoms with van der Waals surface area (Å²) in [6.45, 7) is 11.8. The molecule has 45 heavy (non-hydrogen) atoms. The Morgan fingerprint density at radius 1 is 1.04 bits per heavy atom. The second-order valence-electron chi connectivity index (χ2n) is 13.1. The zero-order chi connectivity index (χ0) is 33.2. The Labute approximate surface area is 264 Å². The molecule has 1 aliphatic rings. The van der Waals surface area contributed by atoms with Crippen molar-refractivity contribution in [1.82, 2.24) is 20.1 Å². The van der Waals surface area contributed by atoms with Gasteiger partial charge in [0.15, 0.2) is 5.60 Å². The number of aliphatic hydroxyl groups is 1. The van der Waals surface area contributed by atoms with Crippen molar-refractivity contribution in [3.8, 4) is 5.75 Å². The highest BCUT2D eigenvalue weighted by Crippen LogP contribution is 2.27. The normalized spacial score (nSPS) is 19.3. The van der Waals surface area contributed by atoms with Crippen LogP contribution in [0.5, 0.6) is 5.75 Å². The molecule has 0 bridgehead atoms. The number of sulfonamides is 1. The number of likely N-dealkylation sites (tertiary alicyclic amines) is 1. The van der Waals surface area contributed by atoms with E-state index in [-0.39, 0.29) is 24.5 Å². The van der Waals surface area contributed by atoms with Gasteiger partial charge < -0.3 is 19.5 Å². The van der Waals surface area contributed by atoms with E-state index in [9.17, 15) is 23.1 Å². The van der Waals surface area contributed by atoms with Crippen LogP contribution in [0.2, 0.25) is 0 Å². The number of rotatable bonds is 8. The number of hydrogen-bond acceptors (Lipinski definition) is 9. The van der Waals surface area contributed by atoms with Crippen molar-refractivity contribution in [2.45, 2.75) is 89.2 Å². The molecule has 3 aromatic rings. The van der Waals surface area contributed by atoms with E-state index in [1.165, 1.54) is 29.2 Å². The number of aryl methyl sites for hydroxylation is 1. The molecule has 13 heteroatoms. The van der Waals surface area contributed by atoms with Gasteiger partial charge in [0.05, 0.1) is 28.6 Å². The summed E-state index contributed by atoms with van der Waals surface area (Å²) in [5.74, 6) is -0.547. The number of hydroxylamine groups is 1. The van der Waals surface area contributed by atoms with Gasteiger partial charge in [-0.1, -0.05) is 18.2 Å². The SMILES string of the molecule is Cc1cc(COc2ccc(S(=O)(=O)N[C@@H]3CCN(C(=O)OC(C)(C)C)C[C@]3(O)C(=O)NOC(C)(C)C)cc2)c2ccccc2n1. The maximum Gasteiger partial charge on any atom is 0.410 e. The number of fused-ring (bicyclic) bond motifs is 1. The fraction of sp³-hybridized carbons (Fsp3) is 0.469. The summed E-state index contributed by atoms with van der Waals surface area (Å²) in [5, 5.41) is 12.6. The first kappa shape index (κ1) is 34.1. The summed E-state index contributed by atoms with van der Waals surface area (Å²) in [6, 6.07) is 14.2. The van der Waals surface area contributed by atoms with Crippen molar-refractivity contribution in [2.24, 2.45) is 0 Å². The number of piperidine rings is 1. The average molecular weight is 643 g/mol. The maximum absolute atomic E-state index is 13.5. The van der Waals surface area contributed by atoms with Crippen LogP contribution in [0.25, 0.3) is 10.9 Å². The van der Waals surface area contributed by atoms with Crippen LogP contribution in [0.4, 0.5) is 4.79 Å². The number of amides is 2. The number of β-amino-alcohol motifs (C(OH)–C–C–N with tert-alkyl or cyclic N) is 1. The number of carbonyl (C=O) groups excluding carboxylic acids is 2. The molecular formula is C32H42N4O8S. The number of carbonyl (C=O) groups is 2. The molecule has 244 valence electrons. The third-order valence-electron chi connectivity index (χ3n) is 6.95. The molecular weight excluding hydrogens is 600 g/mol. The lowest BCUT2D eigenvalue weighted by molar-refractivity contribution is -0.171. The fourth-order valence-corrected chi connectivity index (χ4v) is 6.12. The summed E-state index contributed by atoms with van der Waals surface area (Å²) < 4.78 is 40.8. The Hall–Kier alpha value is -3.78. The minimum absolute atomic E-state index is 0.0355. The van der Waals surface area contributed by atoms with E-state index >= 15 is 0 Å². The zero-order valence-corrected chi connectivity index (χ0v) is 27.5. The van der Waals surface area contributed by atoms with Crippen LogP contribution in [0, 0.1) is 6.92 Å². The van der Waals surface area contributed by atoms with Crippen molar-refractivity contribution in [3.05, 3.63) is 65.9 Å². The minimum atomic E-state index is -4.22. The smallest absolute Gasteiger partial charge is 0.410 e. The molecule has 0 spiro atoms. The predicted molar refractivity (Wildman–Crippen MR) is 168 cm³/mol. The molecule has 0 aliphatic carbocycles. The van der Waals surface area contributed by atoms with Crippen LogP contribution in [-0.2, 0) is 31.0 Å². The van der Waals surface area contributed by atoms with Crippen LogP contribution in [0.15, 0.2) is 59.5 Å². The van der Waals surface area contributed by atoms with Gasteiger partial charge in [-0.05, 0) is 91.3 Å². The number of nitrogens with zero attached hydrogens (tertiary/aromatic N) is 2. The number of hydrogen-bond donors (Lipinski definition) is 3. The summed E-state index contributed by atoms with van der Waals surface area (Å²) in [4.78, 5) is 37.0. The zero-order valence-electron chi connectivity index (χ0n) is 26.7. The van der Waals surface area contributed by atoms with E-state index in [1.807, 2.05) is 37.3 Å².